The summed E-state index contributed by atoms with van der Waals surface area (Å²) in [6.45, 7) is 3.98. The average molecular weight is 259 g/mol. The molecule has 0 amide bonds. The summed E-state index contributed by atoms with van der Waals surface area (Å²) in [5, 5.41) is 0. The monoisotopic (exact) mass is 259 g/mol. The Balaban J connectivity index is 0.00000128. The molecule has 1 aliphatic heterocycles. The maximum absolute atomic E-state index is 11.1. The van der Waals surface area contributed by atoms with Crippen LogP contribution in [-0.2, 0) is 19.6 Å². The minimum atomic E-state index is -3.95. The van der Waals surface area contributed by atoms with Crippen LogP contribution in [0.4, 0.5) is 0 Å². The molecule has 2 fully saturated rings. The van der Waals surface area contributed by atoms with Gasteiger partial charge in [-0.15, -0.1) is 0 Å². The summed E-state index contributed by atoms with van der Waals surface area (Å²) in [6.07, 6.45) is 1.14. The third-order valence-electron chi connectivity index (χ3n) is 3.02. The molecule has 0 aromatic rings. The fraction of sp³-hybridized carbons (Fsp3) is 1.00. The standard InChI is InChI=1S/C9H16O5S.Na/c1-8(2)13-6-7(14-8)5-9(3-4-9)15(10,11)12;/h7H,3-6H2,1-2H3,(H,10,11,12);/t7-;/m0./s1. The molecule has 5 nitrogen and oxygen atoms in total. The molecule has 16 heavy (non-hydrogen) atoms. The minimum Gasteiger partial charge on any atom is -0.348 e. The van der Waals surface area contributed by atoms with E-state index in [4.69, 9.17) is 14.0 Å². The molecular formula is C9H16NaO5S. The van der Waals surface area contributed by atoms with Crippen LogP contribution in [0.15, 0.2) is 0 Å². The largest absolute Gasteiger partial charge is 0.348 e. The average Bonchev–Trinajstić information content (AvgIpc) is 2.73. The SMILES string of the molecule is CC1(C)OC[C@H](CC2(S(=O)(=O)O)CC2)O1.[Na]. The first-order valence-corrected chi connectivity index (χ1v) is 6.47. The minimum absolute atomic E-state index is 0. The van der Waals surface area contributed by atoms with Gasteiger partial charge in [0.25, 0.3) is 10.1 Å². The summed E-state index contributed by atoms with van der Waals surface area (Å²) in [5.74, 6) is -0.639. The molecule has 0 spiro atoms. The van der Waals surface area contributed by atoms with E-state index in [1.807, 2.05) is 0 Å². The van der Waals surface area contributed by atoms with E-state index in [0.29, 0.717) is 25.9 Å². The molecule has 0 bridgehead atoms. The van der Waals surface area contributed by atoms with Gasteiger partial charge in [-0.05, 0) is 33.1 Å². The summed E-state index contributed by atoms with van der Waals surface area (Å²) in [6, 6.07) is 0. The molecule has 2 rings (SSSR count). The van der Waals surface area contributed by atoms with Crippen LogP contribution in [0.1, 0.15) is 33.1 Å². The summed E-state index contributed by atoms with van der Waals surface area (Å²) < 4.78 is 41.2. The molecule has 7 heteroatoms. The Bertz CT molecular complexity index is 360. The second-order valence-corrected chi connectivity index (χ2v) is 6.63. The van der Waals surface area contributed by atoms with Gasteiger partial charge in [-0.25, -0.2) is 0 Å². The molecule has 1 saturated heterocycles. The second-order valence-electron chi connectivity index (χ2n) is 4.81. The van der Waals surface area contributed by atoms with Crippen LogP contribution in [0.3, 0.4) is 0 Å². The van der Waals surface area contributed by atoms with Gasteiger partial charge in [0.2, 0.25) is 0 Å². The fourth-order valence-corrected chi connectivity index (χ4v) is 3.00. The van der Waals surface area contributed by atoms with Crippen molar-refractivity contribution in [2.24, 2.45) is 0 Å². The van der Waals surface area contributed by atoms with Crippen molar-refractivity contribution in [3.05, 3.63) is 0 Å². The Morgan fingerprint density at radius 1 is 1.38 bits per heavy atom. The molecule has 89 valence electrons. The van der Waals surface area contributed by atoms with Crippen LogP contribution >= 0.6 is 0 Å². The molecule has 0 aromatic heterocycles. The van der Waals surface area contributed by atoms with Gasteiger partial charge in [-0.2, -0.15) is 8.42 Å². The van der Waals surface area contributed by atoms with Crippen LogP contribution in [0.2, 0.25) is 0 Å². The topological polar surface area (TPSA) is 72.8 Å². The molecule has 1 atom stereocenters. The summed E-state index contributed by atoms with van der Waals surface area (Å²) in [7, 11) is -3.95. The zero-order chi connectivity index (χ0) is 11.3. The quantitative estimate of drug-likeness (QED) is 0.592. The third-order valence-corrected chi connectivity index (χ3v) is 4.69. The Labute approximate surface area is 118 Å². The van der Waals surface area contributed by atoms with E-state index < -0.39 is 20.7 Å². The van der Waals surface area contributed by atoms with Crippen molar-refractivity contribution in [3.63, 3.8) is 0 Å². The van der Waals surface area contributed by atoms with Gasteiger partial charge >= 0.3 is 0 Å². The summed E-state index contributed by atoms with van der Waals surface area (Å²) in [4.78, 5) is 0. The summed E-state index contributed by atoms with van der Waals surface area (Å²) in [5.41, 5.74) is 0. The number of hydrogen-bond donors (Lipinski definition) is 1. The number of rotatable bonds is 3. The summed E-state index contributed by atoms with van der Waals surface area (Å²) >= 11 is 0. The first kappa shape index (κ1) is 14.9. The van der Waals surface area contributed by atoms with E-state index >= 15 is 0 Å². The third kappa shape index (κ3) is 2.98. The van der Waals surface area contributed by atoms with Gasteiger partial charge < -0.3 is 9.47 Å². The molecule has 1 N–H and O–H groups in total. The van der Waals surface area contributed by atoms with E-state index in [9.17, 15) is 8.42 Å². The van der Waals surface area contributed by atoms with Gasteiger partial charge in [0.15, 0.2) is 5.79 Å². The second kappa shape index (κ2) is 4.50. The van der Waals surface area contributed by atoms with E-state index in [1.54, 1.807) is 13.8 Å². The van der Waals surface area contributed by atoms with Gasteiger partial charge in [0, 0.05) is 29.6 Å². The molecule has 1 radical (unpaired) electrons. The fourth-order valence-electron chi connectivity index (χ4n) is 1.99. The first-order chi connectivity index (χ1) is 6.74. The number of hydrogen-bond acceptors (Lipinski definition) is 4. The molecule has 2 aliphatic rings. The molecular weight excluding hydrogens is 243 g/mol. The first-order valence-electron chi connectivity index (χ1n) is 5.03. The van der Waals surface area contributed by atoms with E-state index in [2.05, 4.69) is 0 Å². The van der Waals surface area contributed by atoms with E-state index in [1.165, 1.54) is 0 Å². The Hall–Kier alpha value is 0.830. The van der Waals surface area contributed by atoms with Crippen LogP contribution in [0.5, 0.6) is 0 Å². The van der Waals surface area contributed by atoms with Crippen molar-refractivity contribution < 1.29 is 22.4 Å². The van der Waals surface area contributed by atoms with Crippen molar-refractivity contribution >= 4 is 39.7 Å². The van der Waals surface area contributed by atoms with Crippen LogP contribution in [0, 0.1) is 0 Å². The zero-order valence-corrected chi connectivity index (χ0v) is 12.7. The maximum atomic E-state index is 11.1. The molecule has 0 aromatic carbocycles. The van der Waals surface area contributed by atoms with Crippen molar-refractivity contribution in [1.29, 1.82) is 0 Å². The van der Waals surface area contributed by atoms with Crippen LogP contribution in [0.25, 0.3) is 0 Å². The molecule has 0 unspecified atom stereocenters. The van der Waals surface area contributed by atoms with Gasteiger partial charge in [0.05, 0.1) is 12.7 Å². The normalized spacial score (nSPS) is 30.8. The van der Waals surface area contributed by atoms with Crippen molar-refractivity contribution in [1.82, 2.24) is 0 Å². The van der Waals surface area contributed by atoms with Crippen molar-refractivity contribution in [2.45, 2.75) is 49.7 Å². The maximum Gasteiger partial charge on any atom is 0.270 e. The molecule has 1 saturated carbocycles. The Morgan fingerprint density at radius 2 is 1.94 bits per heavy atom. The predicted molar refractivity (Wildman–Crippen MR) is 58.8 cm³/mol. The smallest absolute Gasteiger partial charge is 0.270 e. The number of ether oxygens (including phenoxy) is 2. The van der Waals surface area contributed by atoms with Crippen LogP contribution in [-0.4, -0.2) is 65.8 Å². The zero-order valence-electron chi connectivity index (χ0n) is 9.89. The molecule has 1 heterocycles. The van der Waals surface area contributed by atoms with Gasteiger partial charge in [-0.1, -0.05) is 0 Å². The Morgan fingerprint density at radius 3 is 2.25 bits per heavy atom. The van der Waals surface area contributed by atoms with Gasteiger partial charge in [0.1, 0.15) is 4.75 Å². The van der Waals surface area contributed by atoms with E-state index in [0.717, 1.165) is 0 Å². The predicted octanol–water partition coefficient (Wildman–Crippen LogP) is 0.568. The van der Waals surface area contributed by atoms with Crippen molar-refractivity contribution in [3.8, 4) is 0 Å². The molecule has 1 aliphatic carbocycles. The van der Waals surface area contributed by atoms with Crippen LogP contribution < -0.4 is 0 Å². The van der Waals surface area contributed by atoms with Crippen molar-refractivity contribution in [2.75, 3.05) is 6.61 Å². The van der Waals surface area contributed by atoms with E-state index in [-0.39, 0.29) is 35.7 Å². The van der Waals surface area contributed by atoms with Gasteiger partial charge in [-0.3, -0.25) is 4.55 Å². The Kier molecular flexibility index (Phi) is 4.18.